The number of fused-ring (bicyclic) bond motifs is 2. The Kier molecular flexibility index (Phi) is 10.2. The first-order valence-corrected chi connectivity index (χ1v) is 21.8. The van der Waals surface area contributed by atoms with Crippen LogP contribution in [-0.2, 0) is 21.4 Å². The van der Waals surface area contributed by atoms with Crippen LogP contribution < -0.4 is 30.5 Å². The van der Waals surface area contributed by atoms with Crippen molar-refractivity contribution in [3.05, 3.63) is 96.6 Å². The van der Waals surface area contributed by atoms with Crippen LogP contribution in [0.3, 0.4) is 0 Å². The van der Waals surface area contributed by atoms with Crippen molar-refractivity contribution in [2.45, 2.75) is 31.7 Å². The topological polar surface area (TPSA) is 178 Å². The number of anilines is 5. The molecule has 348 valence electrons. The zero-order valence-corrected chi connectivity index (χ0v) is 37.1. The van der Waals surface area contributed by atoms with Crippen LogP contribution in [0.4, 0.5) is 33.1 Å². The van der Waals surface area contributed by atoms with E-state index >= 15 is 4.39 Å². The summed E-state index contributed by atoms with van der Waals surface area (Å²) in [5.41, 5.74) is 2.02. The molecule has 0 bridgehead atoms. The van der Waals surface area contributed by atoms with E-state index in [0.29, 0.717) is 89.3 Å². The number of amides is 5. The van der Waals surface area contributed by atoms with Crippen LogP contribution in [0.2, 0.25) is 0 Å². The molecule has 3 N–H and O–H groups in total. The third-order valence-corrected chi connectivity index (χ3v) is 12.5. The molecule has 17 nitrogen and oxygen atoms in total. The number of imide groups is 2. The van der Waals surface area contributed by atoms with E-state index in [2.05, 4.69) is 27.1 Å². The summed E-state index contributed by atoms with van der Waals surface area (Å²) in [5.74, 6) is -5.50. The highest BCUT2D eigenvalue weighted by atomic mass is 19.1. The number of piperidine rings is 2. The molecular weight excluding hydrogens is 858 g/mol. The van der Waals surface area contributed by atoms with E-state index in [1.54, 1.807) is 18.3 Å². The normalized spacial score (nSPS) is 23.1. The van der Waals surface area contributed by atoms with Gasteiger partial charge < -0.3 is 34.6 Å². The summed E-state index contributed by atoms with van der Waals surface area (Å²) in [5, 5.41) is 9.20. The zero-order valence-electron chi connectivity index (χ0n) is 45.1. The van der Waals surface area contributed by atoms with Gasteiger partial charge in [-0.15, -0.1) is 0 Å². The highest BCUT2D eigenvalue weighted by Gasteiger charge is 2.46. The number of piperazine rings is 1. The van der Waals surface area contributed by atoms with E-state index in [4.69, 9.17) is 20.7 Å². The van der Waals surface area contributed by atoms with Gasteiger partial charge in [0.25, 0.3) is 11.8 Å². The number of ether oxygens (including phenoxy) is 1. The number of hydrogen-bond acceptors (Lipinski definition) is 13. The molecule has 6 heterocycles. The fourth-order valence-electron chi connectivity index (χ4n) is 8.89. The fourth-order valence-corrected chi connectivity index (χ4v) is 8.89. The van der Waals surface area contributed by atoms with E-state index in [1.165, 1.54) is 7.11 Å². The molecule has 4 aliphatic heterocycles. The molecule has 3 fully saturated rings. The van der Waals surface area contributed by atoms with Crippen LogP contribution in [0, 0.1) is 11.7 Å². The van der Waals surface area contributed by atoms with Crippen molar-refractivity contribution in [1.82, 2.24) is 34.6 Å². The van der Waals surface area contributed by atoms with Gasteiger partial charge in [0.1, 0.15) is 17.6 Å². The van der Waals surface area contributed by atoms with Gasteiger partial charge in [0, 0.05) is 112 Å². The van der Waals surface area contributed by atoms with Crippen LogP contribution in [0.5, 0.6) is 5.75 Å². The third kappa shape index (κ3) is 9.18. The maximum Gasteiger partial charge on any atom is 0.265 e. The fraction of sp³-hybridized carbons (Fsp3) is 0.367. The van der Waals surface area contributed by atoms with Crippen molar-refractivity contribution in [1.29, 1.82) is 0 Å². The largest absolute Gasteiger partial charge is 0.494 e. The molecular formula is C49H54FN11O6. The van der Waals surface area contributed by atoms with Crippen molar-refractivity contribution in [3.63, 3.8) is 0 Å². The second-order valence-electron chi connectivity index (χ2n) is 16.7. The standard InChI is InChI=1S/C49H54FN11O6/c1-5-43(62)52-37-26-38(54-49-51-15-12-36(53-49)34-29-57(3)39-9-7-6-8-32(34)39)42(67-4)27-41(37)56(2)18-19-58-16-13-30(14-17-58)28-59-20-22-60(23-21-59)31-24-33-45(35(50)25-31)48(66)61(47(33)65)40-10-11-44(63)55-46(40)64/h5-9,12,15,24-27,29-30,40H,1,10-11,13-14,16-23,28H2,2-4H3,(H,52,62)(H,51,53,54)(H,55,63,64)/i20D2,21D2,22D2,23D2. The van der Waals surface area contributed by atoms with Gasteiger partial charge in [-0.1, -0.05) is 24.8 Å². The number of likely N-dealkylation sites (tertiary alicyclic amines) is 1. The Bertz CT molecular complexity index is 3140. The molecule has 3 aromatic carbocycles. The van der Waals surface area contributed by atoms with E-state index in [1.807, 2.05) is 65.4 Å². The third-order valence-electron chi connectivity index (χ3n) is 12.5. The second-order valence-corrected chi connectivity index (χ2v) is 16.7. The summed E-state index contributed by atoms with van der Waals surface area (Å²) < 4.78 is 96.3. The molecule has 5 aromatic rings. The highest BCUT2D eigenvalue weighted by Crippen LogP contribution is 2.39. The first-order valence-electron chi connectivity index (χ1n) is 25.8. The minimum atomic E-state index is -3.42. The quantitative estimate of drug-likeness (QED) is 0.100. The maximum absolute atomic E-state index is 15.9. The summed E-state index contributed by atoms with van der Waals surface area (Å²) in [7, 11) is 5.34. The second kappa shape index (κ2) is 19.0. The van der Waals surface area contributed by atoms with Crippen LogP contribution in [0.1, 0.15) is 57.4 Å². The number of likely N-dealkylation sites (N-methyl/N-ethyl adjacent to an activating group) is 1. The van der Waals surface area contributed by atoms with E-state index in [-0.39, 0.29) is 17.7 Å². The molecule has 0 radical (unpaired) electrons. The number of aryl methyl sites for hydroxylation is 1. The molecule has 1 atom stereocenters. The Morgan fingerprint density at radius 2 is 1.78 bits per heavy atom. The number of para-hydroxylation sites is 1. The van der Waals surface area contributed by atoms with Crippen LogP contribution in [0.25, 0.3) is 22.2 Å². The van der Waals surface area contributed by atoms with Crippen molar-refractivity contribution in [2.75, 3.05) is 93.3 Å². The Morgan fingerprint density at radius 3 is 2.52 bits per heavy atom. The molecule has 2 aromatic heterocycles. The van der Waals surface area contributed by atoms with Crippen molar-refractivity contribution in [3.8, 4) is 17.0 Å². The number of aromatic nitrogens is 3. The molecule has 0 aliphatic carbocycles. The summed E-state index contributed by atoms with van der Waals surface area (Å²) in [6.45, 7) is -8.21. The van der Waals surface area contributed by atoms with Gasteiger partial charge in [-0.05, 0) is 74.7 Å². The maximum atomic E-state index is 15.9. The summed E-state index contributed by atoms with van der Waals surface area (Å²) in [6, 6.07) is 13.2. The SMILES string of the molecule is [2H]C1([2H])N(CC2CCN(CCN(C)c3cc(OC)c(Nc4nccc(-c5cn(C)c6ccccc56)n4)cc3NC(=O)C=C)CC2)C([2H])([2H])C([2H])([2H])N(c2cc(F)c3c(c2)C(=O)N(C2CCC(=O)NC2=O)C3=O)C1([2H])[2H]. The van der Waals surface area contributed by atoms with Gasteiger partial charge in [0.15, 0.2) is 0 Å². The first-order chi connectivity index (χ1) is 35.4. The lowest BCUT2D eigenvalue weighted by Crippen LogP contribution is -2.54. The minimum Gasteiger partial charge on any atom is -0.494 e. The highest BCUT2D eigenvalue weighted by molar-refractivity contribution is 6.24. The smallest absolute Gasteiger partial charge is 0.265 e. The van der Waals surface area contributed by atoms with Crippen LogP contribution >= 0.6 is 0 Å². The Hall–Kier alpha value is -7.18. The number of nitrogens with zero attached hydrogens (tertiary/aromatic N) is 8. The lowest BCUT2D eigenvalue weighted by Gasteiger charge is -2.40. The summed E-state index contributed by atoms with van der Waals surface area (Å²) in [6.07, 6.45) is 5.20. The average Bonchev–Trinajstić information content (AvgIpc) is 3.87. The molecule has 18 heteroatoms. The average molecular weight is 920 g/mol. The van der Waals surface area contributed by atoms with Crippen LogP contribution in [-0.4, -0.2) is 138 Å². The molecule has 4 aliphatic rings. The number of rotatable bonds is 14. The van der Waals surface area contributed by atoms with Crippen LogP contribution in [0.15, 0.2) is 79.6 Å². The van der Waals surface area contributed by atoms with Crippen molar-refractivity contribution < 1.29 is 44.1 Å². The number of benzene rings is 3. The Labute approximate surface area is 398 Å². The Balaban J connectivity index is 0.870. The molecule has 5 amide bonds. The number of carbonyl (C=O) groups excluding carboxylic acids is 5. The summed E-state index contributed by atoms with van der Waals surface area (Å²) in [4.78, 5) is 78.6. The van der Waals surface area contributed by atoms with Gasteiger partial charge >= 0.3 is 0 Å². The molecule has 1 unspecified atom stereocenters. The molecule has 0 saturated carbocycles. The molecule has 67 heavy (non-hydrogen) atoms. The summed E-state index contributed by atoms with van der Waals surface area (Å²) >= 11 is 0. The van der Waals surface area contributed by atoms with Gasteiger partial charge in [-0.3, -0.25) is 39.1 Å². The zero-order chi connectivity index (χ0) is 54.1. The lowest BCUT2D eigenvalue weighted by atomic mass is 9.96. The first kappa shape index (κ1) is 36.0. The van der Waals surface area contributed by atoms with Gasteiger partial charge in [-0.2, -0.15) is 0 Å². The predicted octanol–water partition coefficient (Wildman–Crippen LogP) is 5.02. The number of hydrogen-bond donors (Lipinski definition) is 3. The van der Waals surface area contributed by atoms with E-state index in [9.17, 15) is 24.0 Å². The minimum absolute atomic E-state index is 0.125. The van der Waals surface area contributed by atoms with E-state index in [0.717, 1.165) is 28.6 Å². The molecule has 3 saturated heterocycles. The molecule has 9 rings (SSSR count). The Morgan fingerprint density at radius 1 is 1.00 bits per heavy atom. The number of halogens is 1. The number of methoxy groups -OCH3 is 1. The van der Waals surface area contributed by atoms with Gasteiger partial charge in [0.05, 0.1) is 46.5 Å². The van der Waals surface area contributed by atoms with Gasteiger partial charge in [-0.25, -0.2) is 14.4 Å². The number of carbonyl (C=O) groups is 5. The molecule has 0 spiro atoms. The van der Waals surface area contributed by atoms with E-state index < -0.39 is 96.7 Å². The predicted molar refractivity (Wildman–Crippen MR) is 253 cm³/mol. The monoisotopic (exact) mass is 919 g/mol. The number of nitrogens with one attached hydrogen (secondary N) is 3. The van der Waals surface area contributed by atoms with Gasteiger partial charge in [0.2, 0.25) is 23.7 Å². The lowest BCUT2D eigenvalue weighted by molar-refractivity contribution is -0.136. The van der Waals surface area contributed by atoms with Crippen molar-refractivity contribution >= 4 is 69.1 Å². The van der Waals surface area contributed by atoms with Crippen molar-refractivity contribution in [2.24, 2.45) is 13.0 Å².